The predicted molar refractivity (Wildman–Crippen MR) is 151 cm³/mol. The van der Waals surface area contributed by atoms with Gasteiger partial charge in [-0.25, -0.2) is 9.78 Å². The number of nitrogens with zero attached hydrogens (tertiary/aromatic N) is 2. The highest BCUT2D eigenvalue weighted by molar-refractivity contribution is 7.66. The van der Waals surface area contributed by atoms with Gasteiger partial charge in [0.25, 0.3) is 0 Å². The van der Waals surface area contributed by atoms with E-state index in [9.17, 15) is 14.7 Å². The fourth-order valence-corrected chi connectivity index (χ4v) is 6.91. The Kier molecular flexibility index (Phi) is 9.20. The Morgan fingerprint density at radius 1 is 1.09 bits per heavy atom. The van der Waals surface area contributed by atoms with Crippen molar-refractivity contribution < 1.29 is 14.7 Å². The van der Waals surface area contributed by atoms with Crippen molar-refractivity contribution in [2.75, 3.05) is 18.4 Å². The standard InChI is InChI=1S/C21H21ClNO2PS.C5H5NOS/c1-13-5-7-15(8-6-13)19-12-17(20(27-19)21(24)25)23(3)26(4)18-10-9-16(22)11-14(18)2;1-4(7)5-2-8-3-6-5/h5-12H,1-4H3,(H,24,25);2-3H,1H3. The van der Waals surface area contributed by atoms with Gasteiger partial charge in [0.05, 0.1) is 11.2 Å². The molecule has 2 aromatic heterocycles. The lowest BCUT2D eigenvalue weighted by Crippen LogP contribution is -2.20. The molecule has 0 amide bonds. The second kappa shape index (κ2) is 11.9. The molecule has 0 saturated carbocycles. The van der Waals surface area contributed by atoms with Crippen LogP contribution in [-0.4, -0.2) is 35.6 Å². The molecule has 35 heavy (non-hydrogen) atoms. The Labute approximate surface area is 219 Å². The molecule has 0 spiro atoms. The fraction of sp³-hybridized carbons (Fsp3) is 0.192. The van der Waals surface area contributed by atoms with Crippen molar-refractivity contribution in [2.45, 2.75) is 20.8 Å². The topological polar surface area (TPSA) is 70.5 Å². The van der Waals surface area contributed by atoms with Crippen LogP contribution in [0.3, 0.4) is 0 Å². The van der Waals surface area contributed by atoms with Crippen LogP contribution in [0.15, 0.2) is 59.4 Å². The molecule has 9 heteroatoms. The SMILES string of the molecule is CC(=O)c1cscn1.Cc1ccc(-c2cc(N(C)P(C)c3ccc(Cl)cc3C)c(C(=O)O)s2)cc1. The number of hydrogen-bond donors (Lipinski definition) is 1. The lowest BCUT2D eigenvalue weighted by molar-refractivity contribution is 0.0702. The molecule has 0 aliphatic rings. The maximum absolute atomic E-state index is 11.9. The van der Waals surface area contributed by atoms with Crippen molar-refractivity contribution >= 4 is 65.1 Å². The summed E-state index contributed by atoms with van der Waals surface area (Å²) in [7, 11) is 1.24. The van der Waals surface area contributed by atoms with Crippen LogP contribution < -0.4 is 9.97 Å². The molecule has 0 aliphatic carbocycles. The smallest absolute Gasteiger partial charge is 0.348 e. The molecule has 1 atom stereocenters. The lowest BCUT2D eigenvalue weighted by atomic mass is 10.1. The average molecular weight is 545 g/mol. The molecule has 4 rings (SSSR count). The van der Waals surface area contributed by atoms with Crippen LogP contribution >= 0.6 is 42.3 Å². The van der Waals surface area contributed by atoms with Crippen molar-refractivity contribution in [3.8, 4) is 10.4 Å². The minimum Gasteiger partial charge on any atom is -0.477 e. The van der Waals surface area contributed by atoms with E-state index in [2.05, 4.69) is 16.3 Å². The summed E-state index contributed by atoms with van der Waals surface area (Å²) in [5.74, 6) is -0.859. The molecular weight excluding hydrogens is 519 g/mol. The monoisotopic (exact) mass is 544 g/mol. The summed E-state index contributed by atoms with van der Waals surface area (Å²) in [6, 6.07) is 16.0. The van der Waals surface area contributed by atoms with Crippen LogP contribution in [0.4, 0.5) is 5.69 Å². The number of anilines is 1. The van der Waals surface area contributed by atoms with Crippen molar-refractivity contribution in [2.24, 2.45) is 0 Å². The van der Waals surface area contributed by atoms with Gasteiger partial charge in [-0.1, -0.05) is 47.5 Å². The quantitative estimate of drug-likeness (QED) is 0.201. The van der Waals surface area contributed by atoms with Crippen LogP contribution in [0.5, 0.6) is 0 Å². The van der Waals surface area contributed by atoms with Crippen molar-refractivity contribution in [1.82, 2.24) is 4.98 Å². The number of Topliss-reactive ketones (excluding diaryl/α,β-unsaturated/α-hetero) is 1. The van der Waals surface area contributed by atoms with E-state index in [-0.39, 0.29) is 5.78 Å². The summed E-state index contributed by atoms with van der Waals surface area (Å²) >= 11 is 8.84. The first-order chi connectivity index (χ1) is 16.6. The molecule has 0 aliphatic heterocycles. The number of carbonyl (C=O) groups is 2. The molecule has 0 fully saturated rings. The van der Waals surface area contributed by atoms with Gasteiger partial charge in [-0.05, 0) is 55.1 Å². The van der Waals surface area contributed by atoms with Gasteiger partial charge in [0.1, 0.15) is 10.6 Å². The second-order valence-electron chi connectivity index (χ2n) is 7.90. The number of benzene rings is 2. The van der Waals surface area contributed by atoms with Crippen molar-refractivity contribution in [3.05, 3.63) is 86.1 Å². The van der Waals surface area contributed by atoms with E-state index < -0.39 is 14.0 Å². The molecule has 0 bridgehead atoms. The number of aryl methyl sites for hydroxylation is 2. The zero-order valence-electron chi connectivity index (χ0n) is 20.1. The second-order valence-corrected chi connectivity index (χ2v) is 12.2. The van der Waals surface area contributed by atoms with Gasteiger partial charge in [0.15, 0.2) is 5.78 Å². The van der Waals surface area contributed by atoms with Gasteiger partial charge in [-0.2, -0.15) is 0 Å². The minimum atomic E-state index is -0.892. The first-order valence-corrected chi connectivity index (χ1v) is 14.5. The number of carbonyl (C=O) groups excluding carboxylic acids is 1. The van der Waals surface area contributed by atoms with Crippen LogP contribution in [0.25, 0.3) is 10.4 Å². The average Bonchev–Trinajstić information content (AvgIpc) is 3.50. The van der Waals surface area contributed by atoms with Crippen LogP contribution in [0, 0.1) is 13.8 Å². The largest absolute Gasteiger partial charge is 0.477 e. The number of thiazole rings is 1. The summed E-state index contributed by atoms with van der Waals surface area (Å²) in [4.78, 5) is 27.4. The number of hydrogen-bond acceptors (Lipinski definition) is 6. The zero-order chi connectivity index (χ0) is 25.7. The molecule has 5 nitrogen and oxygen atoms in total. The Balaban J connectivity index is 0.000000363. The van der Waals surface area contributed by atoms with Gasteiger partial charge in [0, 0.05) is 37.3 Å². The number of ketones is 1. The van der Waals surface area contributed by atoms with Gasteiger partial charge < -0.3 is 9.78 Å². The number of aromatic carboxylic acids is 1. The van der Waals surface area contributed by atoms with E-state index >= 15 is 0 Å². The predicted octanol–water partition coefficient (Wildman–Crippen LogP) is 7.52. The first-order valence-electron chi connectivity index (χ1n) is 10.6. The number of halogens is 1. The summed E-state index contributed by atoms with van der Waals surface area (Å²) < 4.78 is 2.09. The highest BCUT2D eigenvalue weighted by Crippen LogP contribution is 2.45. The zero-order valence-corrected chi connectivity index (χ0v) is 23.4. The number of rotatable bonds is 6. The van der Waals surface area contributed by atoms with Crippen LogP contribution in [-0.2, 0) is 0 Å². The molecule has 1 N–H and O–H groups in total. The third-order valence-electron chi connectivity index (χ3n) is 5.34. The highest BCUT2D eigenvalue weighted by Gasteiger charge is 2.23. The number of aromatic nitrogens is 1. The van der Waals surface area contributed by atoms with Crippen molar-refractivity contribution in [3.63, 3.8) is 0 Å². The first kappa shape index (κ1) is 27.0. The summed E-state index contributed by atoms with van der Waals surface area (Å²) in [6.07, 6.45) is 0. The van der Waals surface area contributed by atoms with Gasteiger partial charge in [-0.3, -0.25) is 4.79 Å². The molecule has 0 radical (unpaired) electrons. The van der Waals surface area contributed by atoms with Gasteiger partial charge >= 0.3 is 5.97 Å². The molecule has 2 heterocycles. The Morgan fingerprint density at radius 2 is 1.77 bits per heavy atom. The van der Waals surface area contributed by atoms with E-state index in [4.69, 9.17) is 11.6 Å². The Bertz CT molecular complexity index is 1320. The van der Waals surface area contributed by atoms with Crippen LogP contribution in [0.1, 0.15) is 38.2 Å². The molecule has 2 aromatic carbocycles. The molecule has 1 unspecified atom stereocenters. The Hall–Kier alpha value is -2.57. The molecule has 182 valence electrons. The normalized spacial score (nSPS) is 11.4. The lowest BCUT2D eigenvalue weighted by Gasteiger charge is -2.28. The van der Waals surface area contributed by atoms with E-state index in [1.54, 1.807) is 10.9 Å². The number of carboxylic acid groups (broad SMARTS) is 1. The minimum absolute atomic E-state index is 0.0336. The summed E-state index contributed by atoms with van der Waals surface area (Å²) in [5.41, 5.74) is 6.31. The molecular formula is C26H26ClN2O3PS2. The number of carboxylic acids is 1. The van der Waals surface area contributed by atoms with E-state index in [1.807, 2.05) is 69.4 Å². The maximum atomic E-state index is 11.9. The van der Waals surface area contributed by atoms with Crippen LogP contribution in [0.2, 0.25) is 5.02 Å². The van der Waals surface area contributed by atoms with Gasteiger partial charge in [-0.15, -0.1) is 22.7 Å². The molecule has 0 saturated heterocycles. The summed E-state index contributed by atoms with van der Waals surface area (Å²) in [6.45, 7) is 7.73. The Morgan fingerprint density at radius 3 is 2.29 bits per heavy atom. The molecule has 4 aromatic rings. The van der Waals surface area contributed by atoms with Crippen molar-refractivity contribution in [1.29, 1.82) is 0 Å². The van der Waals surface area contributed by atoms with E-state index in [0.29, 0.717) is 15.6 Å². The van der Waals surface area contributed by atoms with E-state index in [0.717, 1.165) is 21.7 Å². The van der Waals surface area contributed by atoms with Gasteiger partial charge in [0.2, 0.25) is 0 Å². The van der Waals surface area contributed by atoms with E-state index in [1.165, 1.54) is 40.5 Å². The fourth-order valence-electron chi connectivity index (χ4n) is 3.33. The highest BCUT2D eigenvalue weighted by atomic mass is 35.5. The third-order valence-corrected chi connectivity index (χ3v) is 9.64. The number of thiophene rings is 1. The summed E-state index contributed by atoms with van der Waals surface area (Å²) in [5, 5.41) is 13.4. The maximum Gasteiger partial charge on any atom is 0.348 e. The third kappa shape index (κ3) is 6.77.